The summed E-state index contributed by atoms with van der Waals surface area (Å²) >= 11 is 0. The van der Waals surface area contributed by atoms with Gasteiger partial charge in [-0.05, 0) is 26.0 Å². The molecule has 0 spiro atoms. The minimum atomic E-state index is 0.228. The summed E-state index contributed by atoms with van der Waals surface area (Å²) in [4.78, 5) is 4.22. The van der Waals surface area contributed by atoms with E-state index in [9.17, 15) is 0 Å². The Morgan fingerprint density at radius 2 is 2.38 bits per heavy atom. The second kappa shape index (κ2) is 6.28. The van der Waals surface area contributed by atoms with E-state index in [1.165, 1.54) is 0 Å². The summed E-state index contributed by atoms with van der Waals surface area (Å²) in [5.41, 5.74) is 2.24. The first-order valence-electron chi connectivity index (χ1n) is 5.55. The average molecular weight is 220 g/mol. The van der Waals surface area contributed by atoms with Gasteiger partial charge < -0.3 is 10.1 Å². The molecule has 0 aliphatic carbocycles. The van der Waals surface area contributed by atoms with Crippen LogP contribution in [0.2, 0.25) is 0 Å². The number of nitrogens with one attached hydrogen (secondary N) is 1. The van der Waals surface area contributed by atoms with Gasteiger partial charge in [-0.1, -0.05) is 18.6 Å². The summed E-state index contributed by atoms with van der Waals surface area (Å²) in [7, 11) is 1.65. The molecular weight excluding hydrogens is 200 g/mol. The molecular formula is C13H20N2O. The lowest BCUT2D eigenvalue weighted by Gasteiger charge is -2.19. The van der Waals surface area contributed by atoms with E-state index in [-0.39, 0.29) is 6.04 Å². The smallest absolute Gasteiger partial charge is 0.217 e. The van der Waals surface area contributed by atoms with Crippen LogP contribution in [0, 0.1) is 0 Å². The van der Waals surface area contributed by atoms with Crippen LogP contribution in [0.5, 0.6) is 5.88 Å². The summed E-state index contributed by atoms with van der Waals surface area (Å²) < 4.78 is 5.27. The minimum absolute atomic E-state index is 0.228. The quantitative estimate of drug-likeness (QED) is 0.748. The van der Waals surface area contributed by atoms with Crippen LogP contribution < -0.4 is 10.1 Å². The van der Waals surface area contributed by atoms with Crippen molar-refractivity contribution < 1.29 is 4.74 Å². The number of methoxy groups -OCH3 is 1. The second-order valence-corrected chi connectivity index (χ2v) is 3.87. The molecule has 1 N–H and O–H groups in total. The van der Waals surface area contributed by atoms with Crippen molar-refractivity contribution in [2.45, 2.75) is 26.3 Å². The zero-order chi connectivity index (χ0) is 12.0. The van der Waals surface area contributed by atoms with Crippen molar-refractivity contribution in [3.63, 3.8) is 0 Å². The van der Waals surface area contributed by atoms with E-state index in [1.807, 2.05) is 19.1 Å². The Labute approximate surface area is 97.5 Å². The zero-order valence-electron chi connectivity index (χ0n) is 10.3. The van der Waals surface area contributed by atoms with Crippen molar-refractivity contribution >= 4 is 0 Å². The molecule has 1 aromatic heterocycles. The Bertz CT molecular complexity index is 350. The Morgan fingerprint density at radius 3 is 2.94 bits per heavy atom. The van der Waals surface area contributed by atoms with Crippen molar-refractivity contribution in [2.24, 2.45) is 0 Å². The number of hydrogen-bond donors (Lipinski definition) is 1. The van der Waals surface area contributed by atoms with Crippen LogP contribution in [0.3, 0.4) is 0 Å². The minimum Gasteiger partial charge on any atom is -0.481 e. The Morgan fingerprint density at radius 1 is 1.62 bits per heavy atom. The monoisotopic (exact) mass is 220 g/mol. The maximum atomic E-state index is 5.27. The van der Waals surface area contributed by atoms with Crippen LogP contribution in [-0.2, 0) is 0 Å². The average Bonchev–Trinajstić information content (AvgIpc) is 2.28. The largest absolute Gasteiger partial charge is 0.481 e. The summed E-state index contributed by atoms with van der Waals surface area (Å²) in [6, 6.07) is 4.20. The lowest BCUT2D eigenvalue weighted by atomic mass is 10.0. The molecule has 1 heterocycles. The fourth-order valence-electron chi connectivity index (χ4n) is 1.73. The van der Waals surface area contributed by atoms with Gasteiger partial charge in [0.15, 0.2) is 0 Å². The van der Waals surface area contributed by atoms with Gasteiger partial charge in [-0.3, -0.25) is 0 Å². The third-order valence-electron chi connectivity index (χ3n) is 2.37. The molecule has 3 heteroatoms. The molecule has 0 saturated carbocycles. The van der Waals surface area contributed by atoms with Crippen LogP contribution in [0.1, 0.15) is 31.9 Å². The van der Waals surface area contributed by atoms with Gasteiger partial charge in [0.2, 0.25) is 5.88 Å². The molecule has 0 bridgehead atoms. The van der Waals surface area contributed by atoms with Crippen LogP contribution in [0.4, 0.5) is 0 Å². The third-order valence-corrected chi connectivity index (χ3v) is 2.37. The highest BCUT2D eigenvalue weighted by molar-refractivity contribution is 5.29. The first-order valence-corrected chi connectivity index (χ1v) is 5.55. The second-order valence-electron chi connectivity index (χ2n) is 3.87. The van der Waals surface area contributed by atoms with Gasteiger partial charge in [-0.15, -0.1) is 6.58 Å². The third kappa shape index (κ3) is 3.35. The lowest BCUT2D eigenvalue weighted by molar-refractivity contribution is 0.382. The fraction of sp³-hybridized carbons (Fsp3) is 0.462. The number of pyridine rings is 1. The Kier molecular flexibility index (Phi) is 4.99. The van der Waals surface area contributed by atoms with Crippen LogP contribution in [-0.4, -0.2) is 18.6 Å². The van der Waals surface area contributed by atoms with Gasteiger partial charge in [0.05, 0.1) is 7.11 Å². The first-order chi connectivity index (χ1) is 7.69. The molecule has 16 heavy (non-hydrogen) atoms. The highest BCUT2D eigenvalue weighted by Crippen LogP contribution is 2.26. The SMILES string of the molecule is C=C(C)CC(NCC)c1cccnc1OC. The van der Waals surface area contributed by atoms with E-state index < -0.39 is 0 Å². The molecule has 1 rings (SSSR count). The molecule has 0 fully saturated rings. The standard InChI is InChI=1S/C13H20N2O/c1-5-14-12(9-10(2)3)11-7-6-8-15-13(11)16-4/h6-8,12,14H,2,5,9H2,1,3-4H3. The number of rotatable bonds is 6. The van der Waals surface area contributed by atoms with Gasteiger partial charge in [0, 0.05) is 17.8 Å². The van der Waals surface area contributed by atoms with E-state index in [4.69, 9.17) is 4.74 Å². The zero-order valence-corrected chi connectivity index (χ0v) is 10.3. The van der Waals surface area contributed by atoms with E-state index >= 15 is 0 Å². The topological polar surface area (TPSA) is 34.2 Å². The Hall–Kier alpha value is -1.35. The van der Waals surface area contributed by atoms with Gasteiger partial charge in [0.1, 0.15) is 0 Å². The molecule has 0 aliphatic heterocycles. The molecule has 88 valence electrons. The van der Waals surface area contributed by atoms with Crippen molar-refractivity contribution in [3.8, 4) is 5.88 Å². The molecule has 0 amide bonds. The van der Waals surface area contributed by atoms with Gasteiger partial charge in [0.25, 0.3) is 0 Å². The predicted molar refractivity (Wildman–Crippen MR) is 66.6 cm³/mol. The predicted octanol–water partition coefficient (Wildman–Crippen LogP) is 2.71. The molecule has 1 atom stereocenters. The molecule has 0 radical (unpaired) electrons. The van der Waals surface area contributed by atoms with Crippen molar-refractivity contribution in [1.82, 2.24) is 10.3 Å². The summed E-state index contributed by atoms with van der Waals surface area (Å²) in [5.74, 6) is 0.690. The maximum absolute atomic E-state index is 5.27. The lowest BCUT2D eigenvalue weighted by Crippen LogP contribution is -2.21. The van der Waals surface area contributed by atoms with Crippen molar-refractivity contribution in [2.75, 3.05) is 13.7 Å². The van der Waals surface area contributed by atoms with Gasteiger partial charge in [-0.2, -0.15) is 0 Å². The summed E-state index contributed by atoms with van der Waals surface area (Å²) in [6.07, 6.45) is 2.64. The highest BCUT2D eigenvalue weighted by atomic mass is 16.5. The summed E-state index contributed by atoms with van der Waals surface area (Å²) in [5, 5.41) is 3.42. The number of ether oxygens (including phenoxy) is 1. The van der Waals surface area contributed by atoms with E-state index in [1.54, 1.807) is 13.3 Å². The highest BCUT2D eigenvalue weighted by Gasteiger charge is 2.15. The van der Waals surface area contributed by atoms with Crippen LogP contribution >= 0.6 is 0 Å². The number of nitrogens with zero attached hydrogens (tertiary/aromatic N) is 1. The van der Waals surface area contributed by atoms with Crippen molar-refractivity contribution in [3.05, 3.63) is 36.0 Å². The molecule has 0 aliphatic rings. The Balaban J connectivity index is 2.94. The number of aromatic nitrogens is 1. The fourth-order valence-corrected chi connectivity index (χ4v) is 1.73. The van der Waals surface area contributed by atoms with Crippen LogP contribution in [0.25, 0.3) is 0 Å². The molecule has 1 aromatic rings. The van der Waals surface area contributed by atoms with Gasteiger partial charge in [-0.25, -0.2) is 4.98 Å². The first kappa shape index (κ1) is 12.7. The summed E-state index contributed by atoms with van der Waals surface area (Å²) in [6.45, 7) is 9.00. The maximum Gasteiger partial charge on any atom is 0.217 e. The number of hydrogen-bond acceptors (Lipinski definition) is 3. The van der Waals surface area contributed by atoms with Gasteiger partial charge >= 0.3 is 0 Å². The molecule has 1 unspecified atom stereocenters. The van der Waals surface area contributed by atoms with Crippen molar-refractivity contribution in [1.29, 1.82) is 0 Å². The molecule has 0 aromatic carbocycles. The van der Waals surface area contributed by atoms with E-state index in [0.717, 1.165) is 24.1 Å². The van der Waals surface area contributed by atoms with E-state index in [0.29, 0.717) is 5.88 Å². The van der Waals surface area contributed by atoms with E-state index in [2.05, 4.69) is 23.8 Å². The molecule has 3 nitrogen and oxygen atoms in total. The van der Waals surface area contributed by atoms with Crippen LogP contribution in [0.15, 0.2) is 30.5 Å². The molecule has 0 saturated heterocycles. The normalized spacial score (nSPS) is 12.2.